The van der Waals surface area contributed by atoms with Gasteiger partial charge in [-0.25, -0.2) is 8.42 Å². The zero-order valence-electron chi connectivity index (χ0n) is 9.86. The van der Waals surface area contributed by atoms with Crippen LogP contribution in [0.1, 0.15) is 19.8 Å². The molecule has 0 aromatic heterocycles. The first kappa shape index (κ1) is 12.9. The average Bonchev–Trinajstić information content (AvgIpc) is 2.14. The lowest BCUT2D eigenvalue weighted by atomic mass is 9.99. The first-order valence-electron chi connectivity index (χ1n) is 5.51. The van der Waals surface area contributed by atoms with Gasteiger partial charge in [-0.05, 0) is 33.4 Å². The average molecular weight is 234 g/mol. The summed E-state index contributed by atoms with van der Waals surface area (Å²) in [6, 6.07) is 1.08. The molecule has 2 atom stereocenters. The van der Waals surface area contributed by atoms with Crippen LogP contribution in [0.25, 0.3) is 0 Å². The monoisotopic (exact) mass is 234 g/mol. The van der Waals surface area contributed by atoms with Crippen molar-refractivity contribution >= 4 is 9.84 Å². The molecule has 0 aliphatic carbocycles. The van der Waals surface area contributed by atoms with Crippen molar-refractivity contribution in [2.24, 2.45) is 0 Å². The normalized spacial score (nSPS) is 29.3. The number of sulfone groups is 1. The fraction of sp³-hybridized carbons (Fsp3) is 1.00. The van der Waals surface area contributed by atoms with Crippen molar-refractivity contribution in [1.29, 1.82) is 0 Å². The summed E-state index contributed by atoms with van der Waals surface area (Å²) in [7, 11) is -0.834. The second-order valence-electron chi connectivity index (χ2n) is 4.52. The molecule has 1 aliphatic heterocycles. The Balaban J connectivity index is 2.38. The largest absolute Gasteiger partial charge is 0.317 e. The minimum absolute atomic E-state index is 0.279. The van der Waals surface area contributed by atoms with Crippen molar-refractivity contribution < 1.29 is 8.42 Å². The Bertz CT molecular complexity index is 290. The zero-order chi connectivity index (χ0) is 11.5. The Labute approximate surface area is 93.0 Å². The first-order valence-corrected chi connectivity index (χ1v) is 7.57. The van der Waals surface area contributed by atoms with Crippen LogP contribution in [0.15, 0.2) is 0 Å². The van der Waals surface area contributed by atoms with Crippen LogP contribution in [0.2, 0.25) is 0 Å². The maximum atomic E-state index is 11.1. The zero-order valence-corrected chi connectivity index (χ0v) is 10.7. The second-order valence-corrected chi connectivity index (χ2v) is 6.78. The van der Waals surface area contributed by atoms with E-state index in [1.54, 1.807) is 0 Å². The summed E-state index contributed by atoms with van der Waals surface area (Å²) in [5, 5.41) is 3.28. The highest BCUT2D eigenvalue weighted by molar-refractivity contribution is 7.90. The molecule has 0 saturated carbocycles. The van der Waals surface area contributed by atoms with Crippen molar-refractivity contribution in [2.75, 3.05) is 32.1 Å². The molecule has 0 spiro atoms. The van der Waals surface area contributed by atoms with Gasteiger partial charge in [-0.2, -0.15) is 0 Å². The number of hydrogen-bond acceptors (Lipinski definition) is 4. The van der Waals surface area contributed by atoms with E-state index in [1.165, 1.54) is 6.26 Å². The van der Waals surface area contributed by atoms with E-state index in [9.17, 15) is 8.42 Å². The van der Waals surface area contributed by atoms with Gasteiger partial charge in [0.05, 0.1) is 5.75 Å². The van der Waals surface area contributed by atoms with Crippen LogP contribution in [0.3, 0.4) is 0 Å². The summed E-state index contributed by atoms with van der Waals surface area (Å²) < 4.78 is 22.1. The Kier molecular flexibility index (Phi) is 4.55. The standard InChI is InChI=1S/C10H22N2O2S/c1-9-8-10(11-2)4-5-12(9)6-7-15(3,13)14/h9-11H,4-8H2,1-3H3. The van der Waals surface area contributed by atoms with Gasteiger partial charge in [0.15, 0.2) is 0 Å². The van der Waals surface area contributed by atoms with Crippen LogP contribution in [0.5, 0.6) is 0 Å². The molecule has 1 N–H and O–H groups in total. The van der Waals surface area contributed by atoms with E-state index >= 15 is 0 Å². The molecule has 0 radical (unpaired) electrons. The molecule has 1 saturated heterocycles. The topological polar surface area (TPSA) is 49.4 Å². The third-order valence-electron chi connectivity index (χ3n) is 3.17. The number of hydrogen-bond donors (Lipinski definition) is 1. The number of nitrogens with zero attached hydrogens (tertiary/aromatic N) is 1. The second kappa shape index (κ2) is 5.27. The molecule has 1 heterocycles. The molecule has 2 unspecified atom stereocenters. The summed E-state index contributed by atoms with van der Waals surface area (Å²) in [5.74, 6) is 0.279. The van der Waals surface area contributed by atoms with Gasteiger partial charge >= 0.3 is 0 Å². The van der Waals surface area contributed by atoms with E-state index in [0.717, 1.165) is 19.4 Å². The van der Waals surface area contributed by atoms with Crippen LogP contribution in [0, 0.1) is 0 Å². The molecule has 1 fully saturated rings. The van der Waals surface area contributed by atoms with Crippen LogP contribution in [-0.4, -0.2) is 57.5 Å². The van der Waals surface area contributed by atoms with E-state index in [2.05, 4.69) is 17.1 Å². The number of likely N-dealkylation sites (tertiary alicyclic amines) is 1. The van der Waals surface area contributed by atoms with Crippen LogP contribution >= 0.6 is 0 Å². The number of nitrogens with one attached hydrogen (secondary N) is 1. The Morgan fingerprint density at radius 1 is 1.47 bits per heavy atom. The van der Waals surface area contributed by atoms with E-state index in [0.29, 0.717) is 18.6 Å². The lowest BCUT2D eigenvalue weighted by Gasteiger charge is -2.37. The third-order valence-corrected chi connectivity index (χ3v) is 4.10. The summed E-state index contributed by atoms with van der Waals surface area (Å²) in [6.45, 7) is 3.85. The molecule has 1 aliphatic rings. The van der Waals surface area contributed by atoms with Crippen molar-refractivity contribution in [3.8, 4) is 0 Å². The third kappa shape index (κ3) is 4.49. The maximum absolute atomic E-state index is 11.1. The number of piperidine rings is 1. The summed E-state index contributed by atoms with van der Waals surface area (Å²) in [5.41, 5.74) is 0. The van der Waals surface area contributed by atoms with Gasteiger partial charge in [-0.3, -0.25) is 4.90 Å². The van der Waals surface area contributed by atoms with Gasteiger partial charge in [0, 0.05) is 24.9 Å². The lowest BCUT2D eigenvalue weighted by Crippen LogP contribution is -2.47. The minimum atomic E-state index is -2.82. The van der Waals surface area contributed by atoms with Crippen molar-refractivity contribution in [2.45, 2.75) is 31.8 Å². The van der Waals surface area contributed by atoms with Gasteiger partial charge in [-0.1, -0.05) is 0 Å². The molecule has 15 heavy (non-hydrogen) atoms. The molecule has 0 aromatic rings. The molecule has 5 heteroatoms. The highest BCUT2D eigenvalue weighted by Gasteiger charge is 2.24. The molecule has 0 aromatic carbocycles. The quantitative estimate of drug-likeness (QED) is 0.750. The minimum Gasteiger partial charge on any atom is -0.317 e. The van der Waals surface area contributed by atoms with Crippen molar-refractivity contribution in [3.63, 3.8) is 0 Å². The SMILES string of the molecule is CNC1CCN(CCS(C)(=O)=O)C(C)C1. The lowest BCUT2D eigenvalue weighted by molar-refractivity contribution is 0.147. The molecule has 90 valence electrons. The van der Waals surface area contributed by atoms with Gasteiger partial charge in [0.1, 0.15) is 9.84 Å². The molecule has 0 amide bonds. The van der Waals surface area contributed by atoms with E-state index in [4.69, 9.17) is 0 Å². The van der Waals surface area contributed by atoms with E-state index in [1.807, 2.05) is 7.05 Å². The highest BCUT2D eigenvalue weighted by Crippen LogP contribution is 2.16. The van der Waals surface area contributed by atoms with E-state index < -0.39 is 9.84 Å². The molecule has 0 bridgehead atoms. The summed E-state index contributed by atoms with van der Waals surface area (Å²) in [4.78, 5) is 2.27. The van der Waals surface area contributed by atoms with E-state index in [-0.39, 0.29) is 5.75 Å². The van der Waals surface area contributed by atoms with Gasteiger partial charge in [-0.15, -0.1) is 0 Å². The predicted octanol–water partition coefficient (Wildman–Crippen LogP) is 0.103. The Hall–Kier alpha value is -0.130. The fourth-order valence-corrected chi connectivity index (χ4v) is 2.66. The first-order chi connectivity index (χ1) is 6.92. The number of rotatable bonds is 4. The highest BCUT2D eigenvalue weighted by atomic mass is 32.2. The van der Waals surface area contributed by atoms with Crippen molar-refractivity contribution in [3.05, 3.63) is 0 Å². The molecule has 1 rings (SSSR count). The van der Waals surface area contributed by atoms with Crippen LogP contribution in [0.4, 0.5) is 0 Å². The predicted molar refractivity (Wildman–Crippen MR) is 62.8 cm³/mol. The molecular formula is C10H22N2O2S. The summed E-state index contributed by atoms with van der Waals surface area (Å²) in [6.07, 6.45) is 3.53. The Morgan fingerprint density at radius 3 is 2.60 bits per heavy atom. The van der Waals surface area contributed by atoms with Gasteiger partial charge in [0.25, 0.3) is 0 Å². The van der Waals surface area contributed by atoms with Gasteiger partial charge in [0.2, 0.25) is 0 Å². The maximum Gasteiger partial charge on any atom is 0.148 e. The van der Waals surface area contributed by atoms with Crippen LogP contribution < -0.4 is 5.32 Å². The van der Waals surface area contributed by atoms with Crippen LogP contribution in [-0.2, 0) is 9.84 Å². The molecule has 4 nitrogen and oxygen atoms in total. The fourth-order valence-electron chi connectivity index (χ4n) is 2.10. The Morgan fingerprint density at radius 2 is 2.13 bits per heavy atom. The summed E-state index contributed by atoms with van der Waals surface area (Å²) >= 11 is 0. The molecular weight excluding hydrogens is 212 g/mol. The van der Waals surface area contributed by atoms with Crippen molar-refractivity contribution in [1.82, 2.24) is 10.2 Å². The smallest absolute Gasteiger partial charge is 0.148 e. The van der Waals surface area contributed by atoms with Gasteiger partial charge < -0.3 is 5.32 Å².